The lowest BCUT2D eigenvalue weighted by Crippen LogP contribution is -2.32. The first-order valence-corrected chi connectivity index (χ1v) is 5.11. The van der Waals surface area contributed by atoms with Gasteiger partial charge in [-0.1, -0.05) is 0 Å². The lowest BCUT2D eigenvalue weighted by Gasteiger charge is -2.25. The van der Waals surface area contributed by atoms with E-state index >= 15 is 0 Å². The fraction of sp³-hybridized carbons (Fsp3) is 0.500. The predicted molar refractivity (Wildman–Crippen MR) is 62.9 cm³/mol. The van der Waals surface area contributed by atoms with Gasteiger partial charge in [0.05, 0.1) is 19.8 Å². The van der Waals surface area contributed by atoms with Crippen molar-refractivity contribution in [1.29, 1.82) is 0 Å². The molecule has 1 aromatic rings. The summed E-state index contributed by atoms with van der Waals surface area (Å²) in [6.07, 6.45) is 0. The number of aryl methyl sites for hydroxylation is 1. The van der Waals surface area contributed by atoms with Gasteiger partial charge >= 0.3 is 0 Å². The Morgan fingerprint density at radius 3 is 2.19 bits per heavy atom. The van der Waals surface area contributed by atoms with E-state index in [9.17, 15) is 5.11 Å². The topological polar surface area (TPSA) is 64.7 Å². The molecule has 90 valence electrons. The summed E-state index contributed by atoms with van der Waals surface area (Å²) in [6, 6.07) is 3.60. The Labute approximate surface area is 96.0 Å². The Morgan fingerprint density at radius 2 is 1.75 bits per heavy atom. The minimum absolute atomic E-state index is 0.156. The molecule has 16 heavy (non-hydrogen) atoms. The van der Waals surface area contributed by atoms with Crippen LogP contribution in [-0.2, 0) is 5.60 Å². The zero-order chi connectivity index (χ0) is 12.3. The molecule has 0 saturated carbocycles. The van der Waals surface area contributed by atoms with Crippen LogP contribution in [0.5, 0.6) is 11.5 Å². The van der Waals surface area contributed by atoms with Crippen LogP contribution in [0.1, 0.15) is 18.1 Å². The maximum atomic E-state index is 10.1. The highest BCUT2D eigenvalue weighted by Crippen LogP contribution is 2.34. The van der Waals surface area contributed by atoms with Gasteiger partial charge in [0.15, 0.2) is 11.5 Å². The summed E-state index contributed by atoms with van der Waals surface area (Å²) in [7, 11) is 3.15. The molecule has 0 aliphatic carbocycles. The maximum Gasteiger partial charge on any atom is 0.161 e. The summed E-state index contributed by atoms with van der Waals surface area (Å²) in [6.45, 7) is 3.74. The minimum atomic E-state index is -1.05. The molecule has 0 heterocycles. The quantitative estimate of drug-likeness (QED) is 0.807. The summed E-state index contributed by atoms with van der Waals surface area (Å²) in [5, 5.41) is 10.1. The van der Waals surface area contributed by atoms with Crippen LogP contribution < -0.4 is 15.2 Å². The van der Waals surface area contributed by atoms with Crippen LogP contribution in [0.2, 0.25) is 0 Å². The van der Waals surface area contributed by atoms with E-state index in [1.165, 1.54) is 0 Å². The third kappa shape index (κ3) is 2.28. The van der Waals surface area contributed by atoms with Gasteiger partial charge in [-0.05, 0) is 37.1 Å². The van der Waals surface area contributed by atoms with Gasteiger partial charge in [0.25, 0.3) is 0 Å². The van der Waals surface area contributed by atoms with Crippen LogP contribution in [0.15, 0.2) is 12.1 Å². The lowest BCUT2D eigenvalue weighted by molar-refractivity contribution is 0.0658. The van der Waals surface area contributed by atoms with E-state index in [1.54, 1.807) is 27.2 Å². The van der Waals surface area contributed by atoms with Gasteiger partial charge in [0.2, 0.25) is 0 Å². The van der Waals surface area contributed by atoms with Crippen LogP contribution in [-0.4, -0.2) is 25.9 Å². The molecule has 0 amide bonds. The fourth-order valence-electron chi connectivity index (χ4n) is 1.67. The van der Waals surface area contributed by atoms with Crippen molar-refractivity contribution in [2.24, 2.45) is 5.73 Å². The van der Waals surface area contributed by atoms with E-state index < -0.39 is 5.60 Å². The molecule has 1 aromatic carbocycles. The number of aliphatic hydroxyl groups is 1. The van der Waals surface area contributed by atoms with E-state index in [-0.39, 0.29) is 6.54 Å². The molecular formula is C12H19NO3. The van der Waals surface area contributed by atoms with Crippen molar-refractivity contribution in [3.8, 4) is 11.5 Å². The molecule has 0 aliphatic heterocycles. The highest BCUT2D eigenvalue weighted by atomic mass is 16.5. The third-order valence-corrected chi connectivity index (χ3v) is 2.71. The fourth-order valence-corrected chi connectivity index (χ4v) is 1.67. The second kappa shape index (κ2) is 4.72. The molecule has 3 N–H and O–H groups in total. The maximum absolute atomic E-state index is 10.1. The standard InChI is InChI=1S/C12H19NO3/c1-8-5-10(15-3)11(16-4)6-9(8)12(2,14)7-13/h5-6,14H,7,13H2,1-4H3. The summed E-state index contributed by atoms with van der Waals surface area (Å²) >= 11 is 0. The van der Waals surface area contributed by atoms with E-state index in [0.29, 0.717) is 11.5 Å². The van der Waals surface area contributed by atoms with Crippen LogP contribution in [0.4, 0.5) is 0 Å². The van der Waals surface area contributed by atoms with Crippen molar-refractivity contribution in [3.05, 3.63) is 23.3 Å². The molecule has 0 aromatic heterocycles. The van der Waals surface area contributed by atoms with Crippen molar-refractivity contribution < 1.29 is 14.6 Å². The Balaban J connectivity index is 3.32. The molecule has 4 nitrogen and oxygen atoms in total. The molecule has 0 aliphatic rings. The van der Waals surface area contributed by atoms with Gasteiger partial charge in [-0.25, -0.2) is 0 Å². The summed E-state index contributed by atoms with van der Waals surface area (Å²) < 4.78 is 10.4. The third-order valence-electron chi connectivity index (χ3n) is 2.71. The molecule has 4 heteroatoms. The molecule has 0 saturated heterocycles. The molecular weight excluding hydrogens is 206 g/mol. The first-order chi connectivity index (χ1) is 7.46. The van der Waals surface area contributed by atoms with Crippen LogP contribution in [0.25, 0.3) is 0 Å². The second-order valence-electron chi connectivity index (χ2n) is 4.00. The monoisotopic (exact) mass is 225 g/mol. The van der Waals surface area contributed by atoms with Gasteiger partial charge in [-0.3, -0.25) is 0 Å². The Kier molecular flexibility index (Phi) is 3.78. The number of methoxy groups -OCH3 is 2. The minimum Gasteiger partial charge on any atom is -0.493 e. The van der Waals surface area contributed by atoms with Crippen molar-refractivity contribution in [3.63, 3.8) is 0 Å². The molecule has 1 unspecified atom stereocenters. The Morgan fingerprint density at radius 1 is 1.25 bits per heavy atom. The average Bonchev–Trinajstić information content (AvgIpc) is 2.28. The smallest absolute Gasteiger partial charge is 0.161 e. The summed E-state index contributed by atoms with van der Waals surface area (Å²) in [5.74, 6) is 1.24. The summed E-state index contributed by atoms with van der Waals surface area (Å²) in [4.78, 5) is 0. The highest BCUT2D eigenvalue weighted by molar-refractivity contribution is 5.48. The Bertz CT molecular complexity index is 375. The number of rotatable bonds is 4. The number of ether oxygens (including phenoxy) is 2. The number of benzene rings is 1. The number of hydrogen-bond donors (Lipinski definition) is 2. The van der Waals surface area contributed by atoms with Crippen molar-refractivity contribution >= 4 is 0 Å². The first kappa shape index (κ1) is 12.8. The van der Waals surface area contributed by atoms with Gasteiger partial charge in [-0.15, -0.1) is 0 Å². The van der Waals surface area contributed by atoms with Crippen molar-refractivity contribution in [1.82, 2.24) is 0 Å². The second-order valence-corrected chi connectivity index (χ2v) is 4.00. The average molecular weight is 225 g/mol. The Hall–Kier alpha value is -1.26. The SMILES string of the molecule is COc1cc(C)c(C(C)(O)CN)cc1OC. The van der Waals surface area contributed by atoms with Gasteiger partial charge in [-0.2, -0.15) is 0 Å². The van der Waals surface area contributed by atoms with Crippen LogP contribution >= 0.6 is 0 Å². The zero-order valence-corrected chi connectivity index (χ0v) is 10.2. The number of hydrogen-bond acceptors (Lipinski definition) is 4. The molecule has 1 rings (SSSR count). The van der Waals surface area contributed by atoms with E-state index in [2.05, 4.69) is 0 Å². The zero-order valence-electron chi connectivity index (χ0n) is 10.2. The van der Waals surface area contributed by atoms with E-state index in [1.807, 2.05) is 13.0 Å². The van der Waals surface area contributed by atoms with E-state index in [0.717, 1.165) is 11.1 Å². The van der Waals surface area contributed by atoms with Crippen LogP contribution in [0, 0.1) is 6.92 Å². The lowest BCUT2D eigenvalue weighted by atomic mass is 9.91. The predicted octanol–water partition coefficient (Wildman–Crippen LogP) is 1.18. The van der Waals surface area contributed by atoms with Gasteiger partial charge in [0.1, 0.15) is 0 Å². The molecule has 0 radical (unpaired) electrons. The highest BCUT2D eigenvalue weighted by Gasteiger charge is 2.24. The largest absolute Gasteiger partial charge is 0.493 e. The normalized spacial score (nSPS) is 14.4. The number of nitrogens with two attached hydrogens (primary N) is 1. The van der Waals surface area contributed by atoms with Crippen molar-refractivity contribution in [2.45, 2.75) is 19.4 Å². The molecule has 0 spiro atoms. The molecule has 0 bridgehead atoms. The molecule has 0 fully saturated rings. The van der Waals surface area contributed by atoms with E-state index in [4.69, 9.17) is 15.2 Å². The first-order valence-electron chi connectivity index (χ1n) is 5.11. The summed E-state index contributed by atoms with van der Waals surface area (Å²) in [5.41, 5.74) is 6.18. The van der Waals surface area contributed by atoms with Crippen molar-refractivity contribution in [2.75, 3.05) is 20.8 Å². The molecule has 1 atom stereocenters. The van der Waals surface area contributed by atoms with Gasteiger partial charge in [0, 0.05) is 6.54 Å². The van der Waals surface area contributed by atoms with Gasteiger partial charge < -0.3 is 20.3 Å². The van der Waals surface area contributed by atoms with Crippen LogP contribution in [0.3, 0.4) is 0 Å².